The average Bonchev–Trinajstić information content (AvgIpc) is 3.35. The third kappa shape index (κ3) is 2.63. The smallest absolute Gasteiger partial charge is 0.383 e. The van der Waals surface area contributed by atoms with Crippen LogP contribution < -0.4 is 0 Å². The lowest BCUT2D eigenvalue weighted by Crippen LogP contribution is -2.65. The van der Waals surface area contributed by atoms with Gasteiger partial charge >= 0.3 is 12.1 Å². The Balaban J connectivity index is 1.29. The predicted molar refractivity (Wildman–Crippen MR) is 111 cm³/mol. The zero-order chi connectivity index (χ0) is 24.6. The Morgan fingerprint density at radius 1 is 0.941 bits per heavy atom. The lowest BCUT2D eigenvalue weighted by Gasteiger charge is -2.54. The minimum Gasteiger partial charge on any atom is -0.383 e. The second-order valence-electron chi connectivity index (χ2n) is 12.8. The van der Waals surface area contributed by atoms with Crippen LogP contribution in [0.15, 0.2) is 11.6 Å². The highest BCUT2D eigenvalue weighted by Gasteiger charge is 2.82. The van der Waals surface area contributed by atoms with Crippen LogP contribution in [0.1, 0.15) is 72.1 Å². The SMILES string of the molecule is CC1(C)COC2(CC[C@]34O[C@]3(CCC3C4=CCC4(C)C3CC[C@@]4(O)C(F)(F)C(F)(F)F)C2)OC1. The first-order valence-corrected chi connectivity index (χ1v) is 12.4. The van der Waals surface area contributed by atoms with Crippen molar-refractivity contribution in [2.24, 2.45) is 22.7 Å². The van der Waals surface area contributed by atoms with E-state index in [2.05, 4.69) is 13.8 Å². The summed E-state index contributed by atoms with van der Waals surface area (Å²) in [7, 11) is 0. The van der Waals surface area contributed by atoms with Crippen LogP contribution in [0.3, 0.4) is 0 Å². The highest BCUT2D eigenvalue weighted by Crippen LogP contribution is 2.75. The Kier molecular flexibility index (Phi) is 4.43. The molecule has 4 aliphatic carbocycles. The quantitative estimate of drug-likeness (QED) is 0.297. The highest BCUT2D eigenvalue weighted by atomic mass is 19.4. The van der Waals surface area contributed by atoms with Crippen molar-refractivity contribution < 1.29 is 41.3 Å². The van der Waals surface area contributed by atoms with Crippen molar-refractivity contribution in [3.05, 3.63) is 11.6 Å². The van der Waals surface area contributed by atoms with Crippen LogP contribution in [-0.2, 0) is 14.2 Å². The Morgan fingerprint density at radius 2 is 1.62 bits per heavy atom. The second kappa shape index (κ2) is 6.37. The van der Waals surface area contributed by atoms with E-state index < -0.39 is 52.4 Å². The minimum absolute atomic E-state index is 0.0147. The van der Waals surface area contributed by atoms with Gasteiger partial charge in [-0.05, 0) is 55.9 Å². The van der Waals surface area contributed by atoms with Crippen LogP contribution in [0.5, 0.6) is 0 Å². The van der Waals surface area contributed by atoms with Gasteiger partial charge < -0.3 is 19.3 Å². The van der Waals surface area contributed by atoms with Gasteiger partial charge in [-0.3, -0.25) is 0 Å². The first kappa shape index (κ1) is 23.6. The Labute approximate surface area is 196 Å². The number of hydrogen-bond acceptors (Lipinski definition) is 4. The van der Waals surface area contributed by atoms with E-state index in [9.17, 15) is 27.1 Å². The number of fused-ring (bicyclic) bond motifs is 3. The summed E-state index contributed by atoms with van der Waals surface area (Å²) in [6.07, 6.45) is -1.11. The summed E-state index contributed by atoms with van der Waals surface area (Å²) in [4.78, 5) is 0. The molecule has 6 aliphatic rings. The van der Waals surface area contributed by atoms with Crippen LogP contribution in [0, 0.1) is 22.7 Å². The maximum absolute atomic E-state index is 14.6. The fourth-order valence-electron chi connectivity index (χ4n) is 8.34. The molecule has 0 aromatic rings. The maximum atomic E-state index is 14.6. The Morgan fingerprint density at radius 3 is 2.26 bits per heavy atom. The number of rotatable bonds is 1. The summed E-state index contributed by atoms with van der Waals surface area (Å²) in [6, 6.07) is 0. The monoisotopic (exact) mass is 492 g/mol. The number of alkyl halides is 5. The van der Waals surface area contributed by atoms with Gasteiger partial charge in [0.05, 0.1) is 13.2 Å². The number of ether oxygens (including phenoxy) is 3. The number of hydrogen-bond donors (Lipinski definition) is 1. The molecule has 3 saturated carbocycles. The van der Waals surface area contributed by atoms with Crippen molar-refractivity contribution in [3.8, 4) is 0 Å². The van der Waals surface area contributed by atoms with Crippen molar-refractivity contribution in [2.45, 2.75) is 107 Å². The van der Waals surface area contributed by atoms with Crippen molar-refractivity contribution in [1.82, 2.24) is 0 Å². The van der Waals surface area contributed by atoms with E-state index in [1.807, 2.05) is 6.08 Å². The van der Waals surface area contributed by atoms with E-state index in [-0.39, 0.29) is 24.2 Å². The fourth-order valence-corrected chi connectivity index (χ4v) is 8.34. The van der Waals surface area contributed by atoms with E-state index in [1.165, 1.54) is 6.92 Å². The third-order valence-corrected chi connectivity index (χ3v) is 10.3. The number of epoxide rings is 1. The molecule has 6 rings (SSSR count). The van der Waals surface area contributed by atoms with E-state index in [1.54, 1.807) is 0 Å². The molecule has 6 atom stereocenters. The van der Waals surface area contributed by atoms with Crippen molar-refractivity contribution in [2.75, 3.05) is 13.2 Å². The molecule has 2 saturated heterocycles. The fraction of sp³-hybridized carbons (Fsp3) is 0.920. The van der Waals surface area contributed by atoms with Crippen molar-refractivity contribution >= 4 is 0 Å². The first-order chi connectivity index (χ1) is 15.6. The molecule has 0 bridgehead atoms. The molecule has 2 aliphatic heterocycles. The van der Waals surface area contributed by atoms with Crippen LogP contribution in [0.25, 0.3) is 0 Å². The summed E-state index contributed by atoms with van der Waals surface area (Å²) in [5.41, 5.74) is -4.60. The van der Waals surface area contributed by atoms with Crippen LogP contribution >= 0.6 is 0 Å². The topological polar surface area (TPSA) is 51.2 Å². The number of allylic oxidation sites excluding steroid dienone is 1. The first-order valence-electron chi connectivity index (χ1n) is 12.4. The molecule has 5 fully saturated rings. The van der Waals surface area contributed by atoms with Gasteiger partial charge in [0, 0.05) is 23.7 Å². The zero-order valence-electron chi connectivity index (χ0n) is 19.9. The van der Waals surface area contributed by atoms with E-state index in [0.29, 0.717) is 45.3 Å². The van der Waals surface area contributed by atoms with Gasteiger partial charge in [0.25, 0.3) is 0 Å². The maximum Gasteiger partial charge on any atom is 0.456 e. The van der Waals surface area contributed by atoms with Crippen LogP contribution in [0.2, 0.25) is 0 Å². The van der Waals surface area contributed by atoms with Gasteiger partial charge in [-0.2, -0.15) is 22.0 Å². The molecule has 192 valence electrons. The number of aliphatic hydroxyl groups is 1. The average molecular weight is 493 g/mol. The molecular formula is C25H33F5O4. The molecule has 34 heavy (non-hydrogen) atoms. The van der Waals surface area contributed by atoms with E-state index >= 15 is 0 Å². The normalized spacial score (nSPS) is 48.9. The summed E-state index contributed by atoms with van der Waals surface area (Å²) in [5.74, 6) is -6.44. The van der Waals surface area contributed by atoms with Gasteiger partial charge in [0.15, 0.2) is 5.79 Å². The second-order valence-corrected chi connectivity index (χ2v) is 12.8. The van der Waals surface area contributed by atoms with Gasteiger partial charge in [-0.1, -0.05) is 26.8 Å². The molecule has 9 heteroatoms. The molecule has 0 aromatic carbocycles. The molecule has 3 unspecified atom stereocenters. The van der Waals surface area contributed by atoms with E-state index in [4.69, 9.17) is 14.2 Å². The summed E-state index contributed by atoms with van der Waals surface area (Å²) < 4.78 is 88.2. The lowest BCUT2D eigenvalue weighted by atomic mass is 9.52. The Bertz CT molecular complexity index is 936. The minimum atomic E-state index is -5.80. The summed E-state index contributed by atoms with van der Waals surface area (Å²) in [5, 5.41) is 10.9. The number of halogens is 5. The van der Waals surface area contributed by atoms with Crippen molar-refractivity contribution in [3.63, 3.8) is 0 Å². The molecule has 4 nitrogen and oxygen atoms in total. The van der Waals surface area contributed by atoms with Crippen molar-refractivity contribution in [1.29, 1.82) is 0 Å². The Hall–Kier alpha value is -0.770. The molecule has 0 radical (unpaired) electrons. The molecule has 0 amide bonds. The molecule has 2 heterocycles. The summed E-state index contributed by atoms with van der Waals surface area (Å²) in [6.45, 7) is 6.83. The third-order valence-electron chi connectivity index (χ3n) is 10.3. The highest BCUT2D eigenvalue weighted by molar-refractivity contribution is 5.44. The lowest BCUT2D eigenvalue weighted by molar-refractivity contribution is -0.361. The van der Waals surface area contributed by atoms with Gasteiger partial charge in [-0.15, -0.1) is 0 Å². The largest absolute Gasteiger partial charge is 0.456 e. The van der Waals surface area contributed by atoms with Gasteiger partial charge in [-0.25, -0.2) is 0 Å². The standard InChI is InChI=1S/C25H33F5O4/c1-18(2)13-32-21(33-14-18)10-11-22-17-5-7-19(3)16(15(17)4-8-20(22,12-21)34-22)6-9-23(19,31)24(26,27)25(28,29)30/h5,15-16,31H,4,6-14H2,1-3H3/t15?,16?,19?,20-,22-,23+/m1/s1. The van der Waals surface area contributed by atoms with Gasteiger partial charge in [0.1, 0.15) is 16.8 Å². The van der Waals surface area contributed by atoms with E-state index in [0.717, 1.165) is 5.57 Å². The molecule has 1 spiro atoms. The predicted octanol–water partition coefficient (Wildman–Crippen LogP) is 5.53. The molecule has 0 aromatic heterocycles. The van der Waals surface area contributed by atoms with Crippen LogP contribution in [-0.4, -0.2) is 53.0 Å². The van der Waals surface area contributed by atoms with Crippen LogP contribution in [0.4, 0.5) is 22.0 Å². The summed E-state index contributed by atoms with van der Waals surface area (Å²) >= 11 is 0. The molecule has 1 N–H and O–H groups in total. The molecular weight excluding hydrogens is 459 g/mol. The van der Waals surface area contributed by atoms with Gasteiger partial charge in [0.2, 0.25) is 0 Å². The zero-order valence-corrected chi connectivity index (χ0v) is 19.9.